The Kier molecular flexibility index (Phi) is 9.58. The summed E-state index contributed by atoms with van der Waals surface area (Å²) in [7, 11) is -1.55. The molecular formula is C21H34N8O7S. The number of hydrogen-bond acceptors (Lipinski definition) is 12. The highest BCUT2D eigenvalue weighted by Crippen LogP contribution is 2.32. The van der Waals surface area contributed by atoms with Crippen molar-refractivity contribution in [3.8, 4) is 0 Å². The van der Waals surface area contributed by atoms with E-state index in [0.29, 0.717) is 32.4 Å². The zero-order valence-electron chi connectivity index (χ0n) is 20.8. The Morgan fingerprint density at radius 2 is 1.86 bits per heavy atom. The summed E-state index contributed by atoms with van der Waals surface area (Å²) in [5, 5.41) is 28.8. The smallest absolute Gasteiger partial charge is 0.251 e. The van der Waals surface area contributed by atoms with E-state index in [1.807, 2.05) is 0 Å². The van der Waals surface area contributed by atoms with Crippen LogP contribution in [0.25, 0.3) is 11.2 Å². The molecule has 0 aromatic carbocycles. The van der Waals surface area contributed by atoms with Crippen molar-refractivity contribution in [3.63, 3.8) is 0 Å². The topological polar surface area (TPSA) is 224 Å². The predicted molar refractivity (Wildman–Crippen MR) is 134 cm³/mol. The highest BCUT2D eigenvalue weighted by molar-refractivity contribution is 7.90. The van der Waals surface area contributed by atoms with Gasteiger partial charge in [-0.3, -0.25) is 14.2 Å². The Morgan fingerprint density at radius 3 is 2.57 bits per heavy atom. The molecule has 0 radical (unpaired) electrons. The highest BCUT2D eigenvalue weighted by Gasteiger charge is 2.47. The van der Waals surface area contributed by atoms with E-state index in [9.17, 15) is 28.2 Å². The van der Waals surface area contributed by atoms with Crippen LogP contribution in [0.15, 0.2) is 6.33 Å². The van der Waals surface area contributed by atoms with Crippen molar-refractivity contribution >= 4 is 44.6 Å². The lowest BCUT2D eigenvalue weighted by atomic mass is 10.1. The van der Waals surface area contributed by atoms with Gasteiger partial charge in [-0.2, -0.15) is 9.97 Å². The molecule has 2 aromatic rings. The van der Waals surface area contributed by atoms with E-state index < -0.39 is 40.3 Å². The summed E-state index contributed by atoms with van der Waals surface area (Å²) in [6, 6.07) is 0. The first-order chi connectivity index (χ1) is 17.5. The number of aliphatic hydroxyl groups is 2. The molecule has 3 rings (SSSR count). The van der Waals surface area contributed by atoms with Gasteiger partial charge in [0.1, 0.15) is 27.6 Å². The van der Waals surface area contributed by atoms with Gasteiger partial charge < -0.3 is 36.6 Å². The number of unbranched alkanes of at least 4 members (excludes halogenated alkanes) is 3. The van der Waals surface area contributed by atoms with Crippen LogP contribution < -0.4 is 21.7 Å². The fourth-order valence-corrected chi connectivity index (χ4v) is 4.65. The first-order valence-corrected chi connectivity index (χ1v) is 14.0. The van der Waals surface area contributed by atoms with E-state index in [2.05, 4.69) is 30.9 Å². The number of sulfone groups is 1. The molecule has 1 unspecified atom stereocenters. The number of aromatic nitrogens is 4. The molecule has 1 aliphatic rings. The standard InChI is InChI=1S/C21H34N8O7S/c1-23-19(33)16-14(31)15(32)20(36-16)29-11-26-13-17(22)27-21(28-18(13)29)25-9-8-24-12(30)7-5-3-4-6-10-37(2,34)35/h11,14-16,20,31-32H,3-10H2,1-2H3,(H,23,33)(H,24,30)(H3,22,25,27,28)/t14-,15+,16-,20?/m0/s1. The van der Waals surface area contributed by atoms with Crippen molar-refractivity contribution in [1.29, 1.82) is 0 Å². The Labute approximate surface area is 214 Å². The first-order valence-electron chi connectivity index (χ1n) is 11.9. The normalized spacial score (nSPS) is 21.7. The molecule has 0 bridgehead atoms. The number of carbonyl (C=O) groups excluding carboxylic acids is 2. The maximum atomic E-state index is 12.0. The number of nitrogens with one attached hydrogen (secondary N) is 3. The molecule has 206 valence electrons. The summed E-state index contributed by atoms with van der Waals surface area (Å²) in [4.78, 5) is 36.6. The van der Waals surface area contributed by atoms with E-state index >= 15 is 0 Å². The molecule has 15 nitrogen and oxygen atoms in total. The molecule has 4 atom stereocenters. The van der Waals surface area contributed by atoms with Gasteiger partial charge >= 0.3 is 0 Å². The number of ether oxygens (including phenoxy) is 1. The average molecular weight is 543 g/mol. The number of likely N-dealkylation sites (N-methyl/N-ethyl adjacent to an activating group) is 1. The van der Waals surface area contributed by atoms with Gasteiger partial charge in [0.25, 0.3) is 5.91 Å². The Balaban J connectivity index is 1.51. The van der Waals surface area contributed by atoms with Crippen LogP contribution in [0.2, 0.25) is 0 Å². The Morgan fingerprint density at radius 1 is 1.14 bits per heavy atom. The molecule has 1 aliphatic heterocycles. The molecule has 1 fully saturated rings. The number of fused-ring (bicyclic) bond motifs is 1. The van der Waals surface area contributed by atoms with Crippen molar-refractivity contribution in [3.05, 3.63) is 6.33 Å². The molecule has 37 heavy (non-hydrogen) atoms. The molecule has 16 heteroatoms. The molecule has 1 saturated heterocycles. The number of carbonyl (C=O) groups is 2. The lowest BCUT2D eigenvalue weighted by Gasteiger charge is -2.16. The average Bonchev–Trinajstić information content (AvgIpc) is 3.39. The second kappa shape index (κ2) is 12.4. The first kappa shape index (κ1) is 28.5. The van der Waals surface area contributed by atoms with Crippen molar-refractivity contribution < 1.29 is 33.0 Å². The van der Waals surface area contributed by atoms with Crippen LogP contribution in [-0.2, 0) is 24.2 Å². The minimum Gasteiger partial charge on any atom is -0.387 e. The highest BCUT2D eigenvalue weighted by atomic mass is 32.2. The van der Waals surface area contributed by atoms with Gasteiger partial charge in [0.15, 0.2) is 23.8 Å². The number of aliphatic hydroxyl groups excluding tert-OH is 2. The number of anilines is 2. The van der Waals surface area contributed by atoms with E-state index in [-0.39, 0.29) is 34.6 Å². The molecule has 2 amide bonds. The van der Waals surface area contributed by atoms with E-state index in [0.717, 1.165) is 12.8 Å². The lowest BCUT2D eigenvalue weighted by Crippen LogP contribution is -2.41. The molecule has 3 heterocycles. The second-order valence-corrected chi connectivity index (χ2v) is 11.1. The van der Waals surface area contributed by atoms with Crippen LogP contribution in [0.4, 0.5) is 11.8 Å². The number of rotatable bonds is 13. The van der Waals surface area contributed by atoms with Crippen molar-refractivity contribution in [2.24, 2.45) is 0 Å². The number of amides is 2. The molecule has 7 N–H and O–H groups in total. The third-order valence-corrected chi connectivity index (χ3v) is 6.90. The van der Waals surface area contributed by atoms with E-state index in [4.69, 9.17) is 10.5 Å². The molecular weight excluding hydrogens is 508 g/mol. The summed E-state index contributed by atoms with van der Waals surface area (Å²) in [6.07, 6.45) is 0.433. The predicted octanol–water partition coefficient (Wildman–Crippen LogP) is -1.70. The van der Waals surface area contributed by atoms with Gasteiger partial charge in [-0.1, -0.05) is 12.8 Å². The minimum absolute atomic E-state index is 0.0713. The number of nitrogens with two attached hydrogens (primary N) is 1. The van der Waals surface area contributed by atoms with Crippen LogP contribution in [0, 0.1) is 0 Å². The fraction of sp³-hybridized carbons (Fsp3) is 0.667. The zero-order valence-corrected chi connectivity index (χ0v) is 21.6. The lowest BCUT2D eigenvalue weighted by molar-refractivity contribution is -0.137. The molecule has 0 aliphatic carbocycles. The molecule has 0 spiro atoms. The van der Waals surface area contributed by atoms with Crippen LogP contribution >= 0.6 is 0 Å². The zero-order chi connectivity index (χ0) is 27.2. The quantitative estimate of drug-likeness (QED) is 0.156. The summed E-state index contributed by atoms with van der Waals surface area (Å²) >= 11 is 0. The van der Waals surface area contributed by atoms with Gasteiger partial charge in [0.2, 0.25) is 11.9 Å². The van der Waals surface area contributed by atoms with Gasteiger partial charge in [-0.25, -0.2) is 13.4 Å². The van der Waals surface area contributed by atoms with E-state index in [1.165, 1.54) is 24.2 Å². The number of hydrogen-bond donors (Lipinski definition) is 6. The number of nitrogens with zero attached hydrogens (tertiary/aromatic N) is 4. The van der Waals surface area contributed by atoms with Gasteiger partial charge in [-0.15, -0.1) is 0 Å². The maximum absolute atomic E-state index is 12.0. The largest absolute Gasteiger partial charge is 0.387 e. The van der Waals surface area contributed by atoms with Crippen LogP contribution in [-0.4, -0.2) is 100 Å². The fourth-order valence-electron chi connectivity index (χ4n) is 3.92. The summed E-state index contributed by atoms with van der Waals surface area (Å²) in [6.45, 7) is 0.608. The molecule has 0 saturated carbocycles. The van der Waals surface area contributed by atoms with Crippen molar-refractivity contribution in [2.45, 2.75) is 56.6 Å². The van der Waals surface area contributed by atoms with E-state index in [1.54, 1.807) is 0 Å². The molecule has 2 aromatic heterocycles. The number of nitrogen functional groups attached to an aromatic ring is 1. The van der Waals surface area contributed by atoms with Crippen molar-refractivity contribution in [2.75, 3.05) is 43.2 Å². The third kappa shape index (κ3) is 7.47. The monoisotopic (exact) mass is 542 g/mol. The van der Waals surface area contributed by atoms with Crippen molar-refractivity contribution in [1.82, 2.24) is 30.2 Å². The summed E-state index contributed by atoms with van der Waals surface area (Å²) < 4.78 is 29.2. The van der Waals surface area contributed by atoms with Gasteiger partial charge in [0.05, 0.1) is 6.33 Å². The van der Waals surface area contributed by atoms with Gasteiger partial charge in [0, 0.05) is 38.6 Å². The summed E-state index contributed by atoms with van der Waals surface area (Å²) in [5.41, 5.74) is 6.49. The Bertz CT molecular complexity index is 1200. The van der Waals surface area contributed by atoms with Crippen LogP contribution in [0.1, 0.15) is 38.3 Å². The van der Waals surface area contributed by atoms with Crippen LogP contribution in [0.3, 0.4) is 0 Å². The van der Waals surface area contributed by atoms with Crippen LogP contribution in [0.5, 0.6) is 0 Å². The van der Waals surface area contributed by atoms with Gasteiger partial charge in [-0.05, 0) is 12.8 Å². The number of imidazole rings is 1. The second-order valence-electron chi connectivity index (χ2n) is 8.87. The summed E-state index contributed by atoms with van der Waals surface area (Å²) in [5.74, 6) is -0.305. The SMILES string of the molecule is CNC(=O)[C@H]1OC(n2cnc3c(N)nc(NCCNC(=O)CCCCCCS(C)(=O)=O)nc32)[C@H](O)[C@@H]1O. The minimum atomic E-state index is -2.95. The Hall–Kier alpha value is -3.08. The third-order valence-electron chi connectivity index (χ3n) is 5.86. The maximum Gasteiger partial charge on any atom is 0.251 e.